The highest BCUT2D eigenvalue weighted by molar-refractivity contribution is 7.89. The number of benzene rings is 1. The van der Waals surface area contributed by atoms with Crippen LogP contribution in [0.4, 0.5) is 0 Å². The SMILES string of the molecule is CNCc1cccc(S(=O)(=O)N2CC(C)CC(C)C2)c1. The minimum Gasteiger partial charge on any atom is -0.316 e. The normalized spacial score (nSPS) is 24.8. The minimum absolute atomic E-state index is 0.409. The van der Waals surface area contributed by atoms with Crippen LogP contribution in [0, 0.1) is 11.8 Å². The summed E-state index contributed by atoms with van der Waals surface area (Å²) in [7, 11) is -1.51. The molecule has 0 radical (unpaired) electrons. The predicted octanol–water partition coefficient (Wildman–Crippen LogP) is 2.07. The van der Waals surface area contributed by atoms with Crippen LogP contribution in [0.5, 0.6) is 0 Å². The van der Waals surface area contributed by atoms with Crippen molar-refractivity contribution in [2.24, 2.45) is 11.8 Å². The zero-order chi connectivity index (χ0) is 14.8. The average Bonchev–Trinajstić information content (AvgIpc) is 2.38. The summed E-state index contributed by atoms with van der Waals surface area (Å²) >= 11 is 0. The Bertz CT molecular complexity index is 547. The maximum atomic E-state index is 12.7. The van der Waals surface area contributed by atoms with Crippen LogP contribution in [0.1, 0.15) is 25.8 Å². The van der Waals surface area contributed by atoms with Crippen molar-refractivity contribution in [1.29, 1.82) is 0 Å². The second-order valence-electron chi connectivity index (χ2n) is 5.95. The smallest absolute Gasteiger partial charge is 0.243 e. The van der Waals surface area contributed by atoms with Gasteiger partial charge in [0.25, 0.3) is 0 Å². The summed E-state index contributed by atoms with van der Waals surface area (Å²) in [6, 6.07) is 7.22. The molecule has 20 heavy (non-hydrogen) atoms. The Labute approximate surface area is 122 Å². The summed E-state index contributed by atoms with van der Waals surface area (Å²) in [5.41, 5.74) is 0.992. The van der Waals surface area contributed by atoms with E-state index in [0.717, 1.165) is 12.0 Å². The fraction of sp³-hybridized carbons (Fsp3) is 0.600. The molecule has 0 amide bonds. The third kappa shape index (κ3) is 3.40. The number of sulfonamides is 1. The van der Waals surface area contributed by atoms with E-state index in [1.807, 2.05) is 19.2 Å². The molecule has 2 unspecified atom stereocenters. The molecule has 0 saturated carbocycles. The molecule has 1 saturated heterocycles. The van der Waals surface area contributed by atoms with Gasteiger partial charge in [-0.3, -0.25) is 0 Å². The van der Waals surface area contributed by atoms with Crippen molar-refractivity contribution in [1.82, 2.24) is 9.62 Å². The van der Waals surface area contributed by atoms with Crippen LogP contribution in [-0.2, 0) is 16.6 Å². The Morgan fingerprint density at radius 1 is 1.25 bits per heavy atom. The summed E-state index contributed by atoms with van der Waals surface area (Å²) in [6.07, 6.45) is 1.10. The minimum atomic E-state index is -3.36. The molecule has 0 aromatic heterocycles. The van der Waals surface area contributed by atoms with Crippen molar-refractivity contribution in [2.75, 3.05) is 20.1 Å². The van der Waals surface area contributed by atoms with Gasteiger partial charge >= 0.3 is 0 Å². The lowest BCUT2D eigenvalue weighted by atomic mass is 9.94. The third-order valence-corrected chi connectivity index (χ3v) is 5.58. The molecule has 0 aliphatic carbocycles. The molecule has 0 bridgehead atoms. The van der Waals surface area contributed by atoms with Crippen LogP contribution in [0.15, 0.2) is 29.2 Å². The second kappa shape index (κ2) is 6.24. The maximum absolute atomic E-state index is 12.7. The summed E-state index contributed by atoms with van der Waals surface area (Å²) in [6.45, 7) is 6.17. The van der Waals surface area contributed by atoms with Gasteiger partial charge in [-0.1, -0.05) is 26.0 Å². The standard InChI is InChI=1S/C15H24N2O2S/c1-12-7-13(2)11-17(10-12)20(18,19)15-6-4-5-14(8-15)9-16-3/h4-6,8,12-13,16H,7,9-11H2,1-3H3. The van der Waals surface area contributed by atoms with Gasteiger partial charge in [-0.25, -0.2) is 8.42 Å². The zero-order valence-corrected chi connectivity index (χ0v) is 13.3. The predicted molar refractivity (Wildman–Crippen MR) is 80.9 cm³/mol. The molecule has 1 fully saturated rings. The number of rotatable bonds is 4. The van der Waals surface area contributed by atoms with Gasteiger partial charge in [0.05, 0.1) is 4.90 Å². The van der Waals surface area contributed by atoms with E-state index >= 15 is 0 Å². The highest BCUT2D eigenvalue weighted by Crippen LogP contribution is 2.26. The molecular weight excluding hydrogens is 272 g/mol. The van der Waals surface area contributed by atoms with Crippen LogP contribution >= 0.6 is 0 Å². The van der Waals surface area contributed by atoms with Crippen molar-refractivity contribution in [2.45, 2.75) is 31.7 Å². The van der Waals surface area contributed by atoms with Gasteiger partial charge in [-0.05, 0) is 43.0 Å². The first-order valence-corrected chi connectivity index (χ1v) is 8.61. The lowest BCUT2D eigenvalue weighted by molar-refractivity contribution is 0.222. The molecule has 112 valence electrons. The monoisotopic (exact) mass is 296 g/mol. The average molecular weight is 296 g/mol. The Morgan fingerprint density at radius 2 is 1.90 bits per heavy atom. The molecule has 2 atom stereocenters. The highest BCUT2D eigenvalue weighted by Gasteiger charge is 2.31. The quantitative estimate of drug-likeness (QED) is 0.925. The zero-order valence-electron chi connectivity index (χ0n) is 12.5. The van der Waals surface area contributed by atoms with Gasteiger partial charge in [0.1, 0.15) is 0 Å². The van der Waals surface area contributed by atoms with Crippen molar-refractivity contribution >= 4 is 10.0 Å². The molecule has 1 aliphatic rings. The first-order chi connectivity index (χ1) is 9.43. The fourth-order valence-electron chi connectivity index (χ4n) is 2.97. The number of nitrogens with one attached hydrogen (secondary N) is 1. The number of hydrogen-bond acceptors (Lipinski definition) is 3. The molecular formula is C15H24N2O2S. The van der Waals surface area contributed by atoms with Crippen LogP contribution < -0.4 is 5.32 Å². The van der Waals surface area contributed by atoms with Crippen molar-refractivity contribution in [3.63, 3.8) is 0 Å². The van der Waals surface area contributed by atoms with Gasteiger partial charge in [0.2, 0.25) is 10.0 Å². The van der Waals surface area contributed by atoms with Gasteiger partial charge in [-0.2, -0.15) is 4.31 Å². The lowest BCUT2D eigenvalue weighted by Crippen LogP contribution is -2.42. The van der Waals surface area contributed by atoms with E-state index in [0.29, 0.717) is 36.4 Å². The van der Waals surface area contributed by atoms with E-state index < -0.39 is 10.0 Å². The van der Waals surface area contributed by atoms with Crippen molar-refractivity contribution < 1.29 is 8.42 Å². The Balaban J connectivity index is 2.27. The molecule has 0 spiro atoms. The molecule has 4 nitrogen and oxygen atoms in total. The Hall–Kier alpha value is -0.910. The summed E-state index contributed by atoms with van der Waals surface area (Å²) in [5, 5.41) is 3.05. The van der Waals surface area contributed by atoms with E-state index in [2.05, 4.69) is 19.2 Å². The van der Waals surface area contributed by atoms with Crippen molar-refractivity contribution in [3.05, 3.63) is 29.8 Å². The number of nitrogens with zero attached hydrogens (tertiary/aromatic N) is 1. The van der Waals surface area contributed by atoms with Gasteiger partial charge in [-0.15, -0.1) is 0 Å². The van der Waals surface area contributed by atoms with Crippen LogP contribution in [0.25, 0.3) is 0 Å². The van der Waals surface area contributed by atoms with Gasteiger partial charge < -0.3 is 5.32 Å². The number of hydrogen-bond donors (Lipinski definition) is 1. The van der Waals surface area contributed by atoms with E-state index in [4.69, 9.17) is 0 Å². The molecule has 1 aromatic rings. The summed E-state index contributed by atoms with van der Waals surface area (Å²) < 4.78 is 27.1. The largest absolute Gasteiger partial charge is 0.316 e. The van der Waals surface area contributed by atoms with Gasteiger partial charge in [0, 0.05) is 19.6 Å². The highest BCUT2D eigenvalue weighted by atomic mass is 32.2. The molecule has 2 rings (SSSR count). The van der Waals surface area contributed by atoms with E-state index in [-0.39, 0.29) is 0 Å². The van der Waals surface area contributed by atoms with Crippen LogP contribution in [0.3, 0.4) is 0 Å². The number of piperidine rings is 1. The summed E-state index contributed by atoms with van der Waals surface area (Å²) in [5.74, 6) is 0.850. The Kier molecular flexibility index (Phi) is 4.83. The lowest BCUT2D eigenvalue weighted by Gasteiger charge is -2.34. The van der Waals surface area contributed by atoms with Crippen LogP contribution in [0.2, 0.25) is 0 Å². The molecule has 5 heteroatoms. The van der Waals surface area contributed by atoms with Crippen molar-refractivity contribution in [3.8, 4) is 0 Å². The van der Waals surface area contributed by atoms with Crippen LogP contribution in [-0.4, -0.2) is 32.9 Å². The Morgan fingerprint density at radius 3 is 2.50 bits per heavy atom. The maximum Gasteiger partial charge on any atom is 0.243 e. The first-order valence-electron chi connectivity index (χ1n) is 7.17. The first kappa shape index (κ1) is 15.5. The fourth-order valence-corrected chi connectivity index (χ4v) is 4.72. The molecule has 1 aliphatic heterocycles. The van der Waals surface area contributed by atoms with Gasteiger partial charge in [0.15, 0.2) is 0 Å². The molecule has 1 aromatic carbocycles. The van der Waals surface area contributed by atoms with E-state index in [9.17, 15) is 8.42 Å². The topological polar surface area (TPSA) is 49.4 Å². The second-order valence-corrected chi connectivity index (χ2v) is 7.88. The molecule has 1 N–H and O–H groups in total. The van der Waals surface area contributed by atoms with E-state index in [1.165, 1.54) is 0 Å². The van der Waals surface area contributed by atoms with E-state index in [1.54, 1.807) is 16.4 Å². The summed E-state index contributed by atoms with van der Waals surface area (Å²) in [4.78, 5) is 0.409. The third-order valence-electron chi connectivity index (χ3n) is 3.75. The molecule has 1 heterocycles.